The van der Waals surface area contributed by atoms with Crippen LogP contribution in [0, 0.1) is 19.7 Å². The molecule has 2 aromatic rings. The molecule has 6 nitrogen and oxygen atoms in total. The van der Waals surface area contributed by atoms with Crippen molar-refractivity contribution in [3.8, 4) is 0 Å². The summed E-state index contributed by atoms with van der Waals surface area (Å²) < 4.78 is 18.1. The molecule has 0 saturated heterocycles. The van der Waals surface area contributed by atoms with Crippen molar-refractivity contribution in [3.63, 3.8) is 0 Å². The zero-order chi connectivity index (χ0) is 18.7. The molecule has 1 aromatic heterocycles. The topological polar surface area (TPSA) is 78.8 Å². The number of rotatable bonds is 4. The first-order valence-corrected chi connectivity index (χ1v) is 9.14. The van der Waals surface area contributed by atoms with Gasteiger partial charge in [0, 0.05) is 22.7 Å². The third kappa shape index (κ3) is 3.80. The number of aromatic nitrogens is 1. The largest absolute Gasteiger partial charge is 0.462 e. The summed E-state index contributed by atoms with van der Waals surface area (Å²) in [5.41, 5.74) is 7.20. The van der Waals surface area contributed by atoms with Crippen LogP contribution in [0.3, 0.4) is 0 Å². The summed E-state index contributed by atoms with van der Waals surface area (Å²) in [4.78, 5) is 19.9. The summed E-state index contributed by atoms with van der Waals surface area (Å²) in [6, 6.07) is 5.92. The van der Waals surface area contributed by atoms with Crippen molar-refractivity contribution < 1.29 is 13.9 Å². The second-order valence-electron chi connectivity index (χ2n) is 5.70. The van der Waals surface area contributed by atoms with Crippen molar-refractivity contribution in [2.45, 2.75) is 20.8 Å². The van der Waals surface area contributed by atoms with E-state index in [2.05, 4.69) is 20.5 Å². The van der Waals surface area contributed by atoms with E-state index in [4.69, 9.17) is 4.74 Å². The number of ether oxygens (including phenoxy) is 1. The van der Waals surface area contributed by atoms with Crippen LogP contribution in [0.5, 0.6) is 0 Å². The fraction of sp³-hybridized carbons (Fsp3) is 0.278. The molecule has 2 N–H and O–H groups in total. The Morgan fingerprint density at radius 3 is 2.65 bits per heavy atom. The summed E-state index contributed by atoms with van der Waals surface area (Å²) >= 11 is 1.47. The lowest BCUT2D eigenvalue weighted by Gasteiger charge is -2.16. The van der Waals surface area contributed by atoms with Crippen LogP contribution < -0.4 is 5.43 Å². The van der Waals surface area contributed by atoms with Crippen molar-refractivity contribution in [3.05, 3.63) is 52.6 Å². The molecule has 8 heteroatoms. The Balaban J connectivity index is 1.85. The Labute approximate surface area is 154 Å². The van der Waals surface area contributed by atoms with Crippen molar-refractivity contribution in [1.82, 2.24) is 10.4 Å². The smallest absolute Gasteiger partial charge is 0.340 e. The third-order valence-electron chi connectivity index (χ3n) is 3.83. The molecule has 136 valence electrons. The van der Waals surface area contributed by atoms with E-state index in [9.17, 15) is 9.18 Å². The summed E-state index contributed by atoms with van der Waals surface area (Å²) in [6.07, 6.45) is 0. The number of H-pyrrole nitrogens is 1. The first-order valence-electron chi connectivity index (χ1n) is 8.16. The Morgan fingerprint density at radius 1 is 1.31 bits per heavy atom. The number of esters is 1. The lowest BCUT2D eigenvalue weighted by molar-refractivity contribution is 0.0525. The average Bonchev–Trinajstić information content (AvgIpc) is 2.92. The highest BCUT2D eigenvalue weighted by Gasteiger charge is 2.26. The molecule has 2 heterocycles. The quantitative estimate of drug-likeness (QED) is 0.801. The molecule has 0 radical (unpaired) electrons. The van der Waals surface area contributed by atoms with Gasteiger partial charge in [-0.25, -0.2) is 14.2 Å². The fourth-order valence-corrected chi connectivity index (χ4v) is 3.50. The van der Waals surface area contributed by atoms with Gasteiger partial charge in [-0.05, 0) is 45.0 Å². The predicted octanol–water partition coefficient (Wildman–Crippen LogP) is 3.68. The van der Waals surface area contributed by atoms with Crippen molar-refractivity contribution in [1.29, 1.82) is 0 Å². The molecule has 1 aliphatic rings. The van der Waals surface area contributed by atoms with Gasteiger partial charge in [0.25, 0.3) is 0 Å². The van der Waals surface area contributed by atoms with Gasteiger partial charge in [0.2, 0.25) is 0 Å². The first kappa shape index (κ1) is 18.2. The van der Waals surface area contributed by atoms with Gasteiger partial charge in [0.05, 0.1) is 23.6 Å². The summed E-state index contributed by atoms with van der Waals surface area (Å²) in [5.74, 6) is -0.108. The lowest BCUT2D eigenvalue weighted by atomic mass is 10.1. The van der Waals surface area contributed by atoms with Gasteiger partial charge in [-0.2, -0.15) is 5.10 Å². The number of carbonyl (C=O) groups excluding carboxylic acids is 1. The van der Waals surface area contributed by atoms with Gasteiger partial charge in [-0.3, -0.25) is 5.43 Å². The molecule has 0 fully saturated rings. The van der Waals surface area contributed by atoms with Crippen LogP contribution in [0.1, 0.15) is 34.2 Å². The fourth-order valence-electron chi connectivity index (χ4n) is 2.74. The minimum Gasteiger partial charge on any atom is -0.462 e. The second-order valence-corrected chi connectivity index (χ2v) is 6.66. The molecular weight excluding hydrogens is 355 g/mol. The Morgan fingerprint density at radius 2 is 2.04 bits per heavy atom. The van der Waals surface area contributed by atoms with Gasteiger partial charge in [-0.15, -0.1) is 0 Å². The number of aromatic amines is 1. The predicted molar refractivity (Wildman–Crippen MR) is 102 cm³/mol. The summed E-state index contributed by atoms with van der Waals surface area (Å²) in [5, 5.41) is 5.00. The molecule has 0 bridgehead atoms. The van der Waals surface area contributed by atoms with Crippen LogP contribution in [0.2, 0.25) is 0 Å². The zero-order valence-electron chi connectivity index (χ0n) is 14.7. The number of aryl methyl sites for hydroxylation is 2. The number of benzene rings is 1. The minimum absolute atomic E-state index is 0.302. The van der Waals surface area contributed by atoms with Gasteiger partial charge < -0.3 is 9.72 Å². The number of halogens is 1. The number of carbonyl (C=O) groups is 1. The van der Waals surface area contributed by atoms with E-state index in [1.165, 1.54) is 23.9 Å². The second kappa shape index (κ2) is 7.74. The number of aliphatic imine (C=N–C) groups is 1. The minimum atomic E-state index is -0.358. The number of hydrazone groups is 1. The van der Waals surface area contributed by atoms with Crippen LogP contribution in [-0.4, -0.2) is 34.2 Å². The summed E-state index contributed by atoms with van der Waals surface area (Å²) in [7, 11) is 0. The standard InChI is InChI=1S/C18H19FN4O2S/c1-4-25-17(24)16-11(3)20-10(2)15(16)14-9-26-18(23-22-14)21-13-7-5-12(19)6-8-13/h5-8,20H,4,9H2,1-3H3,(H,21,23). The van der Waals surface area contributed by atoms with Crippen LogP contribution in [0.4, 0.5) is 10.1 Å². The van der Waals surface area contributed by atoms with E-state index in [1.54, 1.807) is 19.1 Å². The zero-order valence-corrected chi connectivity index (χ0v) is 15.5. The molecule has 0 saturated carbocycles. The van der Waals surface area contributed by atoms with Gasteiger partial charge in [0.1, 0.15) is 5.82 Å². The first-order chi connectivity index (χ1) is 12.5. The van der Waals surface area contributed by atoms with E-state index < -0.39 is 0 Å². The van der Waals surface area contributed by atoms with Gasteiger partial charge in [0.15, 0.2) is 5.17 Å². The highest BCUT2D eigenvalue weighted by atomic mass is 32.2. The molecule has 0 spiro atoms. The number of hydrogen-bond donors (Lipinski definition) is 2. The number of nitrogens with zero attached hydrogens (tertiary/aromatic N) is 2. The number of amidine groups is 1. The maximum Gasteiger partial charge on any atom is 0.340 e. The Kier molecular flexibility index (Phi) is 5.41. The average molecular weight is 374 g/mol. The van der Waals surface area contributed by atoms with Crippen LogP contribution in [-0.2, 0) is 4.74 Å². The molecule has 1 aromatic carbocycles. The molecule has 0 aliphatic carbocycles. The van der Waals surface area contributed by atoms with Gasteiger partial charge >= 0.3 is 5.97 Å². The maximum absolute atomic E-state index is 13.0. The summed E-state index contributed by atoms with van der Waals surface area (Å²) in [6.45, 7) is 5.84. The SMILES string of the molecule is CCOC(=O)c1c(C)[nH]c(C)c1C1=NNC(=Nc2ccc(F)cc2)SC1. The van der Waals surface area contributed by atoms with Crippen LogP contribution in [0.15, 0.2) is 34.4 Å². The molecule has 26 heavy (non-hydrogen) atoms. The third-order valence-corrected chi connectivity index (χ3v) is 4.71. The van der Waals surface area contributed by atoms with Crippen LogP contribution in [0.25, 0.3) is 0 Å². The highest BCUT2D eigenvalue weighted by Crippen LogP contribution is 2.25. The monoisotopic (exact) mass is 374 g/mol. The van der Waals surface area contributed by atoms with Crippen molar-refractivity contribution in [2.75, 3.05) is 12.4 Å². The molecule has 1 aliphatic heterocycles. The lowest BCUT2D eigenvalue weighted by Crippen LogP contribution is -2.26. The highest BCUT2D eigenvalue weighted by molar-refractivity contribution is 8.14. The van der Waals surface area contributed by atoms with Crippen molar-refractivity contribution in [2.24, 2.45) is 10.1 Å². The maximum atomic E-state index is 13.0. The Hall–Kier alpha value is -2.61. The molecular formula is C18H19FN4O2S. The van der Waals surface area contributed by atoms with Crippen LogP contribution >= 0.6 is 11.8 Å². The number of hydrogen-bond acceptors (Lipinski definition) is 5. The van der Waals surface area contributed by atoms with E-state index >= 15 is 0 Å². The molecule has 3 rings (SSSR count). The van der Waals surface area contributed by atoms with E-state index in [0.29, 0.717) is 28.8 Å². The normalized spacial score (nSPS) is 15.5. The molecule has 0 atom stereocenters. The van der Waals surface area contributed by atoms with E-state index in [-0.39, 0.29) is 11.8 Å². The Bertz CT molecular complexity index is 887. The molecule has 0 unspecified atom stereocenters. The van der Waals surface area contributed by atoms with Gasteiger partial charge in [-0.1, -0.05) is 11.8 Å². The van der Waals surface area contributed by atoms with E-state index in [0.717, 1.165) is 22.7 Å². The molecule has 0 amide bonds. The number of thioether (sulfide) groups is 1. The number of nitrogens with one attached hydrogen (secondary N) is 2. The van der Waals surface area contributed by atoms with Crippen molar-refractivity contribution >= 4 is 34.3 Å². The van der Waals surface area contributed by atoms with E-state index in [1.807, 2.05) is 13.8 Å².